The molecular formula is C41H45N3O5. The van der Waals surface area contributed by atoms with Crippen molar-refractivity contribution >= 4 is 5.91 Å². The summed E-state index contributed by atoms with van der Waals surface area (Å²) in [6.07, 6.45) is 2.21. The predicted octanol–water partition coefficient (Wildman–Crippen LogP) is 7.33. The van der Waals surface area contributed by atoms with E-state index in [1.165, 1.54) is 5.56 Å². The summed E-state index contributed by atoms with van der Waals surface area (Å²) < 4.78 is 23.8. The number of hydrogen-bond donors (Lipinski definition) is 1. The van der Waals surface area contributed by atoms with Crippen molar-refractivity contribution in [3.8, 4) is 22.3 Å². The Hall–Kier alpha value is -4.60. The Balaban J connectivity index is 1.30. The van der Waals surface area contributed by atoms with Gasteiger partial charge in [0.05, 0.1) is 44.2 Å². The van der Waals surface area contributed by atoms with Crippen LogP contribution >= 0.6 is 0 Å². The van der Waals surface area contributed by atoms with Gasteiger partial charge in [0, 0.05) is 32.6 Å². The van der Waals surface area contributed by atoms with Gasteiger partial charge in [-0.3, -0.25) is 9.69 Å². The summed E-state index contributed by atoms with van der Waals surface area (Å²) in [6, 6.07) is 35.5. The molecule has 1 N–H and O–H groups in total. The second-order valence-corrected chi connectivity index (χ2v) is 12.8. The molecular weight excluding hydrogens is 614 g/mol. The second kappa shape index (κ2) is 16.7. The molecule has 8 heteroatoms. The van der Waals surface area contributed by atoms with Crippen LogP contribution in [0.2, 0.25) is 0 Å². The third-order valence-electron chi connectivity index (χ3n) is 8.81. The van der Waals surface area contributed by atoms with Crippen molar-refractivity contribution < 1.29 is 23.5 Å². The van der Waals surface area contributed by atoms with Gasteiger partial charge in [0.15, 0.2) is 5.69 Å². The van der Waals surface area contributed by atoms with E-state index in [1.807, 2.05) is 43.3 Å². The molecule has 1 aliphatic rings. The Morgan fingerprint density at radius 2 is 1.53 bits per heavy atom. The van der Waals surface area contributed by atoms with Crippen LogP contribution in [-0.4, -0.2) is 61.0 Å². The average Bonchev–Trinajstić information content (AvgIpc) is 3.63. The number of amides is 1. The molecule has 8 nitrogen and oxygen atoms in total. The van der Waals surface area contributed by atoms with Crippen molar-refractivity contribution in [2.45, 2.75) is 45.6 Å². The molecule has 6 rings (SSSR count). The van der Waals surface area contributed by atoms with E-state index < -0.39 is 5.60 Å². The Morgan fingerprint density at radius 3 is 2.27 bits per heavy atom. The first-order valence-electron chi connectivity index (χ1n) is 17.0. The number of rotatable bonds is 15. The van der Waals surface area contributed by atoms with Gasteiger partial charge in [0.25, 0.3) is 5.91 Å². The van der Waals surface area contributed by atoms with Crippen LogP contribution in [0.5, 0.6) is 0 Å². The molecule has 2 heterocycles. The lowest BCUT2D eigenvalue weighted by molar-refractivity contribution is -0.0981. The Kier molecular flexibility index (Phi) is 11.7. The van der Waals surface area contributed by atoms with Crippen molar-refractivity contribution in [1.82, 2.24) is 15.4 Å². The molecule has 0 radical (unpaired) electrons. The Bertz CT molecular complexity index is 1790. The summed E-state index contributed by atoms with van der Waals surface area (Å²) in [5.74, 6) is -0.253. The van der Waals surface area contributed by atoms with Gasteiger partial charge < -0.3 is 24.1 Å². The maximum atomic E-state index is 12.8. The van der Waals surface area contributed by atoms with E-state index in [-0.39, 0.29) is 11.6 Å². The molecule has 1 aliphatic heterocycles. The molecule has 0 spiro atoms. The minimum Gasteiger partial charge on any atom is -0.379 e. The van der Waals surface area contributed by atoms with Crippen LogP contribution in [0.25, 0.3) is 22.3 Å². The first-order chi connectivity index (χ1) is 24.0. The quantitative estimate of drug-likeness (QED) is 0.126. The number of carbonyl (C=O) groups is 1. The van der Waals surface area contributed by atoms with Crippen LogP contribution in [-0.2, 0) is 40.4 Å². The number of aromatic nitrogens is 1. The largest absolute Gasteiger partial charge is 0.379 e. The number of morpholine rings is 1. The van der Waals surface area contributed by atoms with Crippen LogP contribution in [0.1, 0.15) is 46.6 Å². The smallest absolute Gasteiger partial charge is 0.274 e. The number of hydrogen-bond acceptors (Lipinski definition) is 7. The summed E-state index contributed by atoms with van der Waals surface area (Å²) in [5, 5.41) is 6.87. The fourth-order valence-electron chi connectivity index (χ4n) is 6.22. The van der Waals surface area contributed by atoms with Gasteiger partial charge in [-0.2, -0.15) is 0 Å². The van der Waals surface area contributed by atoms with Gasteiger partial charge in [-0.25, -0.2) is 0 Å². The van der Waals surface area contributed by atoms with E-state index in [0.717, 1.165) is 66.2 Å². The third kappa shape index (κ3) is 9.31. The van der Waals surface area contributed by atoms with Crippen LogP contribution in [0.3, 0.4) is 0 Å². The van der Waals surface area contributed by atoms with Crippen LogP contribution in [0.4, 0.5) is 0 Å². The lowest BCUT2D eigenvalue weighted by Gasteiger charge is -2.30. The van der Waals surface area contributed by atoms with Gasteiger partial charge in [-0.05, 0) is 58.9 Å². The molecule has 49 heavy (non-hydrogen) atoms. The highest BCUT2D eigenvalue weighted by Gasteiger charge is 2.27. The predicted molar refractivity (Wildman–Crippen MR) is 191 cm³/mol. The summed E-state index contributed by atoms with van der Waals surface area (Å²) >= 11 is 0. The van der Waals surface area contributed by atoms with Gasteiger partial charge in [-0.15, -0.1) is 0 Å². The van der Waals surface area contributed by atoms with Crippen molar-refractivity contribution in [2.75, 3.05) is 39.5 Å². The molecule has 1 saturated heterocycles. The second-order valence-electron chi connectivity index (χ2n) is 12.8. The van der Waals surface area contributed by atoms with Gasteiger partial charge in [0.2, 0.25) is 0 Å². The van der Waals surface area contributed by atoms with Crippen LogP contribution < -0.4 is 5.32 Å². The molecule has 1 aromatic heterocycles. The molecule has 254 valence electrons. The number of benzene rings is 4. The Labute approximate surface area is 289 Å². The summed E-state index contributed by atoms with van der Waals surface area (Å²) in [7, 11) is 0. The van der Waals surface area contributed by atoms with Gasteiger partial charge >= 0.3 is 0 Å². The maximum Gasteiger partial charge on any atom is 0.274 e. The highest BCUT2D eigenvalue weighted by atomic mass is 16.5. The molecule has 1 amide bonds. The lowest BCUT2D eigenvalue weighted by Crippen LogP contribution is -2.37. The maximum absolute atomic E-state index is 12.8. The average molecular weight is 660 g/mol. The first kappa shape index (κ1) is 34.3. The molecule has 0 saturated carbocycles. The molecule has 1 unspecified atom stereocenters. The van der Waals surface area contributed by atoms with Crippen molar-refractivity contribution in [3.63, 3.8) is 0 Å². The molecule has 4 aromatic carbocycles. The van der Waals surface area contributed by atoms with Crippen LogP contribution in [0.15, 0.2) is 114 Å². The van der Waals surface area contributed by atoms with E-state index in [2.05, 4.69) is 89.0 Å². The monoisotopic (exact) mass is 659 g/mol. The SMILES string of the molecule is CCNC(=O)c1nocc1-c1ccc(CN2CCOCC2)c(-c2cccc(CC(C)(COCc3ccccc3)OCc3ccccc3)c2)c1. The standard InChI is InChI=1S/C41H45N3O5/c1-3-42-40(45)39-38(29-49-43-39)35-17-18-36(26-44-19-21-46-22-20-44)37(24-35)34-16-10-15-33(23-34)25-41(2,48-28-32-13-8-5-9-14-32)30-47-27-31-11-6-4-7-12-31/h4-18,23-24,29H,3,19-22,25-28,30H2,1-2H3,(H,42,45). The number of carbonyl (C=O) groups excluding carboxylic acids is 1. The highest BCUT2D eigenvalue weighted by Crippen LogP contribution is 2.33. The van der Waals surface area contributed by atoms with E-state index in [0.29, 0.717) is 38.3 Å². The molecule has 1 atom stereocenters. The van der Waals surface area contributed by atoms with E-state index in [9.17, 15) is 4.79 Å². The zero-order valence-electron chi connectivity index (χ0n) is 28.4. The normalized spacial score (nSPS) is 14.7. The fourth-order valence-corrected chi connectivity index (χ4v) is 6.22. The first-order valence-corrected chi connectivity index (χ1v) is 17.0. The summed E-state index contributed by atoms with van der Waals surface area (Å²) in [4.78, 5) is 15.2. The van der Waals surface area contributed by atoms with Gasteiger partial charge in [-0.1, -0.05) is 102 Å². The molecule has 5 aromatic rings. The molecule has 1 fully saturated rings. The Morgan fingerprint density at radius 1 is 0.837 bits per heavy atom. The fraction of sp³-hybridized carbons (Fsp3) is 0.317. The minimum absolute atomic E-state index is 0.253. The zero-order chi connectivity index (χ0) is 33.9. The molecule has 0 aliphatic carbocycles. The topological polar surface area (TPSA) is 86.1 Å². The van der Waals surface area contributed by atoms with E-state index in [1.54, 1.807) is 6.26 Å². The number of nitrogens with one attached hydrogen (secondary N) is 1. The van der Waals surface area contributed by atoms with E-state index >= 15 is 0 Å². The van der Waals surface area contributed by atoms with Crippen molar-refractivity contribution in [3.05, 3.63) is 137 Å². The van der Waals surface area contributed by atoms with Crippen molar-refractivity contribution in [2.24, 2.45) is 0 Å². The molecule has 0 bridgehead atoms. The van der Waals surface area contributed by atoms with E-state index in [4.69, 9.17) is 18.7 Å². The summed E-state index contributed by atoms with van der Waals surface area (Å²) in [6.45, 7) is 9.99. The highest BCUT2D eigenvalue weighted by molar-refractivity contribution is 5.99. The lowest BCUT2D eigenvalue weighted by atomic mass is 9.91. The van der Waals surface area contributed by atoms with Crippen LogP contribution in [0, 0.1) is 0 Å². The van der Waals surface area contributed by atoms with Gasteiger partial charge in [0.1, 0.15) is 6.26 Å². The van der Waals surface area contributed by atoms with Crippen molar-refractivity contribution in [1.29, 1.82) is 0 Å². The third-order valence-corrected chi connectivity index (χ3v) is 8.81. The minimum atomic E-state index is -0.578. The summed E-state index contributed by atoms with van der Waals surface area (Å²) in [5.41, 5.74) is 8.03. The zero-order valence-corrected chi connectivity index (χ0v) is 28.4. The number of nitrogens with zero attached hydrogens (tertiary/aromatic N) is 2. The number of ether oxygens (including phenoxy) is 3.